The van der Waals surface area contributed by atoms with Crippen molar-refractivity contribution in [3.8, 4) is 0 Å². The number of hydrogen-bond donors (Lipinski definition) is 1. The van der Waals surface area contributed by atoms with E-state index >= 15 is 0 Å². The predicted molar refractivity (Wildman–Crippen MR) is 84.1 cm³/mol. The van der Waals surface area contributed by atoms with Crippen LogP contribution in [0.2, 0.25) is 0 Å². The van der Waals surface area contributed by atoms with E-state index in [4.69, 9.17) is 0 Å². The van der Waals surface area contributed by atoms with Gasteiger partial charge in [-0.2, -0.15) is 0 Å². The lowest BCUT2D eigenvalue weighted by Crippen LogP contribution is -2.02. The molecule has 0 aromatic heterocycles. The van der Waals surface area contributed by atoms with Crippen LogP contribution < -0.4 is 0 Å². The molecule has 1 aliphatic rings. The summed E-state index contributed by atoms with van der Waals surface area (Å²) in [6, 6.07) is 16.4. The SMILES string of the molecule is OC(c1ccc(Br)cc1Br)C1CC1c1ccccc1. The third-order valence-corrected chi connectivity index (χ3v) is 4.93. The van der Waals surface area contributed by atoms with E-state index in [1.54, 1.807) is 0 Å². The summed E-state index contributed by atoms with van der Waals surface area (Å²) in [6.07, 6.45) is 0.668. The number of rotatable bonds is 3. The Hall–Kier alpha value is -0.640. The van der Waals surface area contributed by atoms with Gasteiger partial charge in [-0.1, -0.05) is 68.3 Å². The van der Waals surface area contributed by atoms with Crippen LogP contribution in [0, 0.1) is 5.92 Å². The topological polar surface area (TPSA) is 20.2 Å². The standard InChI is InChI=1S/C16H14Br2O/c17-11-6-7-12(15(18)8-11)16(19)14-9-13(14)10-4-2-1-3-5-10/h1-8,13-14,16,19H,9H2. The first-order chi connectivity index (χ1) is 9.16. The van der Waals surface area contributed by atoms with E-state index in [-0.39, 0.29) is 0 Å². The molecule has 1 fully saturated rings. The molecule has 19 heavy (non-hydrogen) atoms. The zero-order valence-electron chi connectivity index (χ0n) is 10.3. The fraction of sp³-hybridized carbons (Fsp3) is 0.250. The molecule has 0 bridgehead atoms. The molecule has 3 heteroatoms. The van der Waals surface area contributed by atoms with E-state index < -0.39 is 6.10 Å². The van der Waals surface area contributed by atoms with E-state index in [1.807, 2.05) is 24.3 Å². The average molecular weight is 382 g/mol. The van der Waals surface area contributed by atoms with E-state index in [0.717, 1.165) is 20.9 Å². The fourth-order valence-corrected chi connectivity index (χ4v) is 3.90. The summed E-state index contributed by atoms with van der Waals surface area (Å²) in [4.78, 5) is 0. The Bertz CT molecular complexity index is 583. The summed E-state index contributed by atoms with van der Waals surface area (Å²) in [5, 5.41) is 10.5. The lowest BCUT2D eigenvalue weighted by Gasteiger charge is -2.13. The minimum Gasteiger partial charge on any atom is -0.388 e. The van der Waals surface area contributed by atoms with E-state index in [9.17, 15) is 5.11 Å². The molecule has 0 heterocycles. The number of aliphatic hydroxyl groups excluding tert-OH is 1. The van der Waals surface area contributed by atoms with Crippen molar-refractivity contribution < 1.29 is 5.11 Å². The largest absolute Gasteiger partial charge is 0.388 e. The van der Waals surface area contributed by atoms with E-state index in [1.165, 1.54) is 5.56 Å². The molecule has 2 aromatic rings. The van der Waals surface area contributed by atoms with Gasteiger partial charge in [0.25, 0.3) is 0 Å². The highest BCUT2D eigenvalue weighted by atomic mass is 79.9. The molecule has 3 unspecified atom stereocenters. The maximum atomic E-state index is 10.5. The molecule has 98 valence electrons. The molecule has 0 amide bonds. The number of aliphatic hydroxyl groups is 1. The molecular weight excluding hydrogens is 368 g/mol. The fourth-order valence-electron chi connectivity index (χ4n) is 2.62. The van der Waals surface area contributed by atoms with Gasteiger partial charge in [0.05, 0.1) is 6.10 Å². The quantitative estimate of drug-likeness (QED) is 0.788. The van der Waals surface area contributed by atoms with Crippen LogP contribution in [-0.4, -0.2) is 5.11 Å². The van der Waals surface area contributed by atoms with E-state index in [0.29, 0.717) is 11.8 Å². The molecule has 0 radical (unpaired) electrons. The van der Waals surface area contributed by atoms with Crippen LogP contribution in [0.15, 0.2) is 57.5 Å². The zero-order valence-corrected chi connectivity index (χ0v) is 13.4. The Morgan fingerprint density at radius 3 is 2.47 bits per heavy atom. The van der Waals surface area contributed by atoms with Gasteiger partial charge >= 0.3 is 0 Å². The van der Waals surface area contributed by atoms with Crippen molar-refractivity contribution >= 4 is 31.9 Å². The highest BCUT2D eigenvalue weighted by Crippen LogP contribution is 2.54. The minimum atomic E-state index is -0.396. The van der Waals surface area contributed by atoms with Crippen molar-refractivity contribution in [1.82, 2.24) is 0 Å². The molecule has 1 N–H and O–H groups in total. The Kier molecular flexibility index (Phi) is 3.79. The van der Waals surface area contributed by atoms with Crippen molar-refractivity contribution in [3.63, 3.8) is 0 Å². The Labute approximate surface area is 129 Å². The number of benzene rings is 2. The zero-order chi connectivity index (χ0) is 13.4. The molecule has 1 aliphatic carbocycles. The van der Waals surface area contributed by atoms with Crippen LogP contribution in [0.25, 0.3) is 0 Å². The monoisotopic (exact) mass is 380 g/mol. The van der Waals surface area contributed by atoms with Gasteiger partial charge in [-0.25, -0.2) is 0 Å². The second-order valence-electron chi connectivity index (χ2n) is 5.03. The van der Waals surface area contributed by atoms with Gasteiger partial charge in [0.15, 0.2) is 0 Å². The third-order valence-electron chi connectivity index (χ3n) is 3.75. The molecule has 0 spiro atoms. The molecule has 3 atom stereocenters. The van der Waals surface area contributed by atoms with Crippen LogP contribution in [-0.2, 0) is 0 Å². The second-order valence-corrected chi connectivity index (χ2v) is 6.80. The van der Waals surface area contributed by atoms with Crippen LogP contribution in [0.1, 0.15) is 29.6 Å². The third kappa shape index (κ3) is 2.78. The molecule has 2 aromatic carbocycles. The Balaban J connectivity index is 1.78. The Morgan fingerprint density at radius 2 is 1.79 bits per heavy atom. The summed E-state index contributed by atoms with van der Waals surface area (Å²) in [7, 11) is 0. The van der Waals surface area contributed by atoms with Gasteiger partial charge in [-0.05, 0) is 41.5 Å². The summed E-state index contributed by atoms with van der Waals surface area (Å²) < 4.78 is 1.99. The summed E-state index contributed by atoms with van der Waals surface area (Å²) in [6.45, 7) is 0. The van der Waals surface area contributed by atoms with Gasteiger partial charge in [0, 0.05) is 8.95 Å². The lowest BCUT2D eigenvalue weighted by atomic mass is 10.0. The summed E-state index contributed by atoms with van der Waals surface area (Å²) in [5.74, 6) is 0.826. The van der Waals surface area contributed by atoms with Crippen molar-refractivity contribution in [2.24, 2.45) is 5.92 Å². The highest BCUT2D eigenvalue weighted by Gasteiger charge is 2.44. The molecule has 1 saturated carbocycles. The van der Waals surface area contributed by atoms with Gasteiger partial charge in [0.1, 0.15) is 0 Å². The van der Waals surface area contributed by atoms with Crippen LogP contribution in [0.3, 0.4) is 0 Å². The maximum absolute atomic E-state index is 10.5. The smallest absolute Gasteiger partial charge is 0.0835 e. The van der Waals surface area contributed by atoms with Gasteiger partial charge in [-0.3, -0.25) is 0 Å². The summed E-state index contributed by atoms with van der Waals surface area (Å²) >= 11 is 6.96. The minimum absolute atomic E-state index is 0.333. The molecule has 1 nitrogen and oxygen atoms in total. The molecular formula is C16H14Br2O. The lowest BCUT2D eigenvalue weighted by molar-refractivity contribution is 0.150. The van der Waals surface area contributed by atoms with Crippen LogP contribution >= 0.6 is 31.9 Å². The van der Waals surface area contributed by atoms with Crippen molar-refractivity contribution in [1.29, 1.82) is 0 Å². The summed E-state index contributed by atoms with van der Waals surface area (Å²) in [5.41, 5.74) is 2.31. The molecule has 0 saturated heterocycles. The first-order valence-corrected chi connectivity index (χ1v) is 7.93. The van der Waals surface area contributed by atoms with Crippen molar-refractivity contribution in [3.05, 3.63) is 68.6 Å². The van der Waals surface area contributed by atoms with Crippen molar-refractivity contribution in [2.75, 3.05) is 0 Å². The Morgan fingerprint density at radius 1 is 1.05 bits per heavy atom. The van der Waals surface area contributed by atoms with E-state index in [2.05, 4.69) is 56.1 Å². The van der Waals surface area contributed by atoms with Gasteiger partial charge in [-0.15, -0.1) is 0 Å². The average Bonchev–Trinajstić information content (AvgIpc) is 3.19. The molecule has 0 aliphatic heterocycles. The molecule has 3 rings (SSSR count). The second kappa shape index (κ2) is 5.39. The number of hydrogen-bond acceptors (Lipinski definition) is 1. The highest BCUT2D eigenvalue weighted by molar-refractivity contribution is 9.11. The first-order valence-electron chi connectivity index (χ1n) is 6.35. The predicted octanol–water partition coefficient (Wildman–Crippen LogP) is 5.05. The van der Waals surface area contributed by atoms with Crippen LogP contribution in [0.4, 0.5) is 0 Å². The first kappa shape index (κ1) is 13.3. The van der Waals surface area contributed by atoms with Crippen molar-refractivity contribution in [2.45, 2.75) is 18.4 Å². The normalized spacial score (nSPS) is 23.1. The maximum Gasteiger partial charge on any atom is 0.0835 e. The van der Waals surface area contributed by atoms with Crippen LogP contribution in [0.5, 0.6) is 0 Å². The van der Waals surface area contributed by atoms with Gasteiger partial charge in [0.2, 0.25) is 0 Å². The number of halogens is 2. The van der Waals surface area contributed by atoms with Gasteiger partial charge < -0.3 is 5.11 Å².